The van der Waals surface area contributed by atoms with Crippen molar-refractivity contribution in [3.8, 4) is 0 Å². The summed E-state index contributed by atoms with van der Waals surface area (Å²) >= 11 is 0. The molecule has 0 N–H and O–H groups in total. The number of esters is 1. The second-order valence-electron chi connectivity index (χ2n) is 6.74. The Morgan fingerprint density at radius 1 is 1.18 bits per heavy atom. The van der Waals surface area contributed by atoms with Crippen LogP contribution >= 0.6 is 0 Å². The van der Waals surface area contributed by atoms with E-state index in [9.17, 15) is 4.79 Å². The van der Waals surface area contributed by atoms with Gasteiger partial charge in [-0.05, 0) is 18.8 Å². The molecule has 3 rings (SSSR count). The lowest BCUT2D eigenvalue weighted by atomic mass is 9.62. The van der Waals surface area contributed by atoms with Crippen LogP contribution in [0.4, 0.5) is 0 Å². The van der Waals surface area contributed by atoms with Crippen LogP contribution in [-0.2, 0) is 14.3 Å². The summed E-state index contributed by atoms with van der Waals surface area (Å²) < 4.78 is 11.9. The van der Waals surface area contributed by atoms with E-state index >= 15 is 0 Å². The Morgan fingerprint density at radius 3 is 2.35 bits per heavy atom. The molecule has 0 amide bonds. The standard InChI is InChI=1S/C14H22O3/c1-6(2)8-9-12-14(5,17-13(9)15)10(7(3)4)11(8)16-12/h6-12H,1-5H3. The minimum atomic E-state index is -0.369. The molecule has 0 aromatic rings. The Balaban J connectivity index is 2.05. The van der Waals surface area contributed by atoms with E-state index in [1.165, 1.54) is 0 Å². The average molecular weight is 238 g/mol. The zero-order chi connectivity index (χ0) is 12.5. The van der Waals surface area contributed by atoms with Crippen LogP contribution in [-0.4, -0.2) is 23.8 Å². The molecule has 2 bridgehead atoms. The zero-order valence-electron chi connectivity index (χ0n) is 11.3. The van der Waals surface area contributed by atoms with Crippen LogP contribution in [0.15, 0.2) is 0 Å². The van der Waals surface area contributed by atoms with Crippen molar-refractivity contribution in [2.24, 2.45) is 29.6 Å². The molecule has 3 heteroatoms. The number of hydrogen-bond acceptors (Lipinski definition) is 3. The average Bonchev–Trinajstić information content (AvgIpc) is 2.72. The third-order valence-corrected chi connectivity index (χ3v) is 5.09. The van der Waals surface area contributed by atoms with Crippen molar-refractivity contribution in [1.82, 2.24) is 0 Å². The van der Waals surface area contributed by atoms with Gasteiger partial charge in [0.2, 0.25) is 0 Å². The molecule has 3 nitrogen and oxygen atoms in total. The molecular weight excluding hydrogens is 216 g/mol. The molecule has 6 atom stereocenters. The van der Waals surface area contributed by atoms with E-state index in [4.69, 9.17) is 9.47 Å². The van der Waals surface area contributed by atoms with Gasteiger partial charge in [0.25, 0.3) is 0 Å². The van der Waals surface area contributed by atoms with Crippen molar-refractivity contribution < 1.29 is 14.3 Å². The molecule has 0 spiro atoms. The second-order valence-corrected chi connectivity index (χ2v) is 6.74. The van der Waals surface area contributed by atoms with Gasteiger partial charge in [0.1, 0.15) is 11.7 Å². The van der Waals surface area contributed by atoms with E-state index in [-0.39, 0.29) is 29.7 Å². The SMILES string of the molecule is CC(C)C1C2OC3C1C(=O)OC3(C)C2C(C)C. The van der Waals surface area contributed by atoms with Crippen LogP contribution in [0.5, 0.6) is 0 Å². The third kappa shape index (κ3) is 1.19. The molecule has 3 saturated heterocycles. The molecule has 3 heterocycles. The Hall–Kier alpha value is -0.570. The van der Waals surface area contributed by atoms with Crippen molar-refractivity contribution in [2.45, 2.75) is 52.4 Å². The molecule has 17 heavy (non-hydrogen) atoms. The molecule has 0 aliphatic carbocycles. The lowest BCUT2D eigenvalue weighted by molar-refractivity contribution is -0.152. The van der Waals surface area contributed by atoms with Gasteiger partial charge in [0.05, 0.1) is 12.0 Å². The van der Waals surface area contributed by atoms with Gasteiger partial charge >= 0.3 is 5.97 Å². The fourth-order valence-corrected chi connectivity index (χ4v) is 4.61. The monoisotopic (exact) mass is 238 g/mol. The summed E-state index contributed by atoms with van der Waals surface area (Å²) in [6.45, 7) is 10.9. The highest BCUT2D eigenvalue weighted by Crippen LogP contribution is 2.61. The van der Waals surface area contributed by atoms with Crippen LogP contribution in [0, 0.1) is 29.6 Å². The van der Waals surface area contributed by atoms with Crippen LogP contribution in [0.1, 0.15) is 34.6 Å². The lowest BCUT2D eigenvalue weighted by Gasteiger charge is -2.38. The van der Waals surface area contributed by atoms with E-state index in [1.807, 2.05) is 0 Å². The molecule has 3 aliphatic rings. The van der Waals surface area contributed by atoms with Crippen molar-refractivity contribution in [1.29, 1.82) is 0 Å². The Labute approximate surface area is 103 Å². The topological polar surface area (TPSA) is 35.5 Å². The van der Waals surface area contributed by atoms with Crippen molar-refractivity contribution in [3.05, 3.63) is 0 Å². The first kappa shape index (κ1) is 11.5. The second kappa shape index (κ2) is 3.25. The van der Waals surface area contributed by atoms with E-state index < -0.39 is 0 Å². The highest BCUT2D eigenvalue weighted by Gasteiger charge is 2.74. The number of carbonyl (C=O) groups excluding carboxylic acids is 1. The van der Waals surface area contributed by atoms with Gasteiger partial charge in [0.15, 0.2) is 0 Å². The largest absolute Gasteiger partial charge is 0.456 e. The van der Waals surface area contributed by atoms with Crippen molar-refractivity contribution in [2.75, 3.05) is 0 Å². The number of fused-ring (bicyclic) bond motifs is 1. The zero-order valence-corrected chi connectivity index (χ0v) is 11.3. The van der Waals surface area contributed by atoms with Crippen LogP contribution in [0.2, 0.25) is 0 Å². The van der Waals surface area contributed by atoms with Gasteiger partial charge in [-0.3, -0.25) is 4.79 Å². The Kier molecular flexibility index (Phi) is 2.20. The maximum Gasteiger partial charge on any atom is 0.312 e. The van der Waals surface area contributed by atoms with Gasteiger partial charge in [-0.1, -0.05) is 27.7 Å². The van der Waals surface area contributed by atoms with Crippen LogP contribution in [0.25, 0.3) is 0 Å². The molecule has 3 fully saturated rings. The van der Waals surface area contributed by atoms with Gasteiger partial charge in [-0.25, -0.2) is 0 Å². The van der Waals surface area contributed by atoms with Crippen LogP contribution in [0.3, 0.4) is 0 Å². The Morgan fingerprint density at radius 2 is 1.82 bits per heavy atom. The molecule has 0 radical (unpaired) electrons. The predicted molar refractivity (Wildman–Crippen MR) is 63.3 cm³/mol. The molecule has 0 aromatic heterocycles. The summed E-state index contributed by atoms with van der Waals surface area (Å²) in [7, 11) is 0. The quantitative estimate of drug-likeness (QED) is 0.692. The highest BCUT2D eigenvalue weighted by atomic mass is 16.6. The summed E-state index contributed by atoms with van der Waals surface area (Å²) in [5.41, 5.74) is -0.369. The highest BCUT2D eigenvalue weighted by molar-refractivity contribution is 5.78. The molecular formula is C14H22O3. The maximum atomic E-state index is 12.1. The van der Waals surface area contributed by atoms with Gasteiger partial charge in [0, 0.05) is 11.8 Å². The Bertz CT molecular complexity index is 362. The van der Waals surface area contributed by atoms with E-state index in [2.05, 4.69) is 34.6 Å². The minimum absolute atomic E-state index is 0.000185. The first-order valence-corrected chi connectivity index (χ1v) is 6.76. The number of hydrogen-bond donors (Lipinski definition) is 0. The minimum Gasteiger partial charge on any atom is -0.456 e. The number of rotatable bonds is 2. The maximum absolute atomic E-state index is 12.1. The third-order valence-electron chi connectivity index (χ3n) is 5.09. The number of ether oxygens (including phenoxy) is 2. The molecule has 0 saturated carbocycles. The molecule has 6 unspecified atom stereocenters. The molecule has 3 aliphatic heterocycles. The van der Waals surface area contributed by atoms with E-state index in [0.29, 0.717) is 23.7 Å². The summed E-state index contributed by atoms with van der Waals surface area (Å²) in [6, 6.07) is 0. The first-order chi connectivity index (χ1) is 7.88. The molecule has 96 valence electrons. The van der Waals surface area contributed by atoms with Crippen molar-refractivity contribution in [3.63, 3.8) is 0 Å². The summed E-state index contributed by atoms with van der Waals surface area (Å²) in [5, 5.41) is 0. The van der Waals surface area contributed by atoms with Crippen LogP contribution < -0.4 is 0 Å². The van der Waals surface area contributed by atoms with Gasteiger partial charge in [-0.2, -0.15) is 0 Å². The first-order valence-electron chi connectivity index (χ1n) is 6.76. The van der Waals surface area contributed by atoms with Gasteiger partial charge < -0.3 is 9.47 Å². The summed E-state index contributed by atoms with van der Waals surface area (Å²) in [6.07, 6.45) is 0.209. The van der Waals surface area contributed by atoms with E-state index in [0.717, 1.165) is 0 Å². The normalized spacial score (nSPS) is 51.7. The van der Waals surface area contributed by atoms with Gasteiger partial charge in [-0.15, -0.1) is 0 Å². The number of carbonyl (C=O) groups is 1. The van der Waals surface area contributed by atoms with E-state index in [1.54, 1.807) is 0 Å². The fourth-order valence-electron chi connectivity index (χ4n) is 4.61. The fraction of sp³-hybridized carbons (Fsp3) is 0.929. The summed E-state index contributed by atoms with van der Waals surface area (Å²) in [4.78, 5) is 12.1. The predicted octanol–water partition coefficient (Wildman–Crippen LogP) is 2.24. The summed E-state index contributed by atoms with van der Waals surface area (Å²) in [5.74, 6) is 1.62. The molecule has 0 aromatic carbocycles. The smallest absolute Gasteiger partial charge is 0.312 e. The van der Waals surface area contributed by atoms with Crippen molar-refractivity contribution >= 4 is 5.97 Å². The lowest BCUT2D eigenvalue weighted by Crippen LogP contribution is -2.50.